The van der Waals surface area contributed by atoms with Gasteiger partial charge >= 0.3 is 0 Å². The van der Waals surface area contributed by atoms with E-state index in [0.29, 0.717) is 28.0 Å². The van der Waals surface area contributed by atoms with Crippen molar-refractivity contribution >= 4 is 56.2 Å². The number of nitrogens with one attached hydrogen (secondary N) is 2. The predicted molar refractivity (Wildman–Crippen MR) is 118 cm³/mol. The zero-order valence-corrected chi connectivity index (χ0v) is 19.0. The van der Waals surface area contributed by atoms with E-state index in [0.717, 1.165) is 24.7 Å². The van der Waals surface area contributed by atoms with Crippen molar-refractivity contribution < 1.29 is 18.0 Å². The largest absolute Gasteiger partial charge is 0.353 e. The molecule has 0 bridgehead atoms. The highest BCUT2D eigenvalue weighted by molar-refractivity contribution is 7.92. The van der Waals surface area contributed by atoms with Gasteiger partial charge in [0.2, 0.25) is 10.0 Å². The second-order valence-electron chi connectivity index (χ2n) is 6.94. The number of benzene rings is 1. The van der Waals surface area contributed by atoms with E-state index in [1.54, 1.807) is 19.1 Å². The number of aromatic nitrogens is 1. The number of carbonyl (C=O) groups is 1. The standard InChI is InChI=1S/C19H22Cl2N4O4S/c1-4-29-24-19(26)13-10-22-18(21)9-15(13)23-16-8-14(20)12(11-5-6-11)7-17(16)25(2)30(3,27)28/h7-11H,4-6H2,1-3H3,(H,22,23)(H,24,26). The number of hydrogen-bond acceptors (Lipinski definition) is 6. The van der Waals surface area contributed by atoms with E-state index in [4.69, 9.17) is 28.0 Å². The Morgan fingerprint density at radius 2 is 1.97 bits per heavy atom. The van der Waals surface area contributed by atoms with E-state index in [2.05, 4.69) is 15.8 Å². The number of anilines is 3. The van der Waals surface area contributed by atoms with Crippen molar-refractivity contribution in [3.63, 3.8) is 0 Å². The maximum absolute atomic E-state index is 12.4. The zero-order valence-electron chi connectivity index (χ0n) is 16.7. The molecule has 1 heterocycles. The van der Waals surface area contributed by atoms with Crippen LogP contribution in [-0.2, 0) is 14.9 Å². The first-order chi connectivity index (χ1) is 14.1. The van der Waals surface area contributed by atoms with Gasteiger partial charge in [0.05, 0.1) is 35.5 Å². The lowest BCUT2D eigenvalue weighted by Gasteiger charge is -2.23. The molecule has 0 saturated heterocycles. The molecule has 2 aromatic rings. The fourth-order valence-electron chi connectivity index (χ4n) is 2.88. The van der Waals surface area contributed by atoms with Crippen molar-refractivity contribution in [1.82, 2.24) is 10.5 Å². The topological polar surface area (TPSA) is 101 Å². The van der Waals surface area contributed by atoms with Gasteiger partial charge in [-0.1, -0.05) is 23.2 Å². The quantitative estimate of drug-likeness (QED) is 0.443. The minimum Gasteiger partial charge on any atom is -0.353 e. The van der Waals surface area contributed by atoms with Crippen LogP contribution in [0.4, 0.5) is 17.1 Å². The van der Waals surface area contributed by atoms with Crippen LogP contribution in [0.1, 0.15) is 41.6 Å². The molecule has 8 nitrogen and oxygen atoms in total. The lowest BCUT2D eigenvalue weighted by Crippen LogP contribution is -2.26. The third-order valence-corrected chi connectivity index (χ3v) is 6.39. The third-order valence-electron chi connectivity index (χ3n) is 4.66. The van der Waals surface area contributed by atoms with E-state index < -0.39 is 15.9 Å². The number of halogens is 2. The summed E-state index contributed by atoms with van der Waals surface area (Å²) >= 11 is 12.5. The molecule has 162 valence electrons. The molecule has 1 aliphatic carbocycles. The Balaban J connectivity index is 2.07. The van der Waals surface area contributed by atoms with Gasteiger partial charge in [-0.3, -0.25) is 13.9 Å². The first kappa shape index (κ1) is 22.6. The SMILES string of the molecule is CCONC(=O)c1cnc(Cl)cc1Nc1cc(Cl)c(C2CC2)cc1N(C)S(C)(=O)=O. The molecule has 1 fully saturated rings. The lowest BCUT2D eigenvalue weighted by molar-refractivity contribution is 0.0365. The van der Waals surface area contributed by atoms with E-state index in [1.807, 2.05) is 0 Å². The Labute approximate surface area is 185 Å². The Bertz CT molecular complexity index is 1070. The summed E-state index contributed by atoms with van der Waals surface area (Å²) in [6.07, 6.45) is 4.44. The third kappa shape index (κ3) is 5.15. The number of amides is 1. The molecule has 1 saturated carbocycles. The normalized spacial score (nSPS) is 13.8. The average Bonchev–Trinajstić information content (AvgIpc) is 3.50. The van der Waals surface area contributed by atoms with Gasteiger partial charge in [0.15, 0.2) is 0 Å². The molecular weight excluding hydrogens is 451 g/mol. The van der Waals surface area contributed by atoms with Gasteiger partial charge in [0.1, 0.15) is 5.15 Å². The van der Waals surface area contributed by atoms with Crippen LogP contribution < -0.4 is 15.1 Å². The zero-order chi connectivity index (χ0) is 22.1. The maximum atomic E-state index is 12.4. The van der Waals surface area contributed by atoms with Crippen molar-refractivity contribution in [2.24, 2.45) is 0 Å². The van der Waals surface area contributed by atoms with Crippen LogP contribution in [0.3, 0.4) is 0 Å². The van der Waals surface area contributed by atoms with Gasteiger partial charge in [-0.15, -0.1) is 0 Å². The number of nitrogens with zero attached hydrogens (tertiary/aromatic N) is 2. The molecule has 0 aliphatic heterocycles. The Hall–Kier alpha value is -2.07. The van der Waals surface area contributed by atoms with Crippen molar-refractivity contribution in [2.75, 3.05) is 29.5 Å². The summed E-state index contributed by atoms with van der Waals surface area (Å²) in [6, 6.07) is 4.90. The first-order valence-corrected chi connectivity index (χ1v) is 11.8. The monoisotopic (exact) mass is 472 g/mol. The average molecular weight is 473 g/mol. The van der Waals surface area contributed by atoms with Crippen molar-refractivity contribution in [2.45, 2.75) is 25.7 Å². The summed E-state index contributed by atoms with van der Waals surface area (Å²) in [5.41, 5.74) is 4.51. The Morgan fingerprint density at radius 3 is 2.57 bits per heavy atom. The van der Waals surface area contributed by atoms with Gasteiger partial charge in [-0.25, -0.2) is 18.9 Å². The molecule has 1 amide bonds. The maximum Gasteiger partial charge on any atom is 0.278 e. The molecule has 3 rings (SSSR count). The molecule has 1 aromatic heterocycles. The molecule has 30 heavy (non-hydrogen) atoms. The predicted octanol–water partition coefficient (Wildman–Crippen LogP) is 4.09. The van der Waals surface area contributed by atoms with E-state index >= 15 is 0 Å². The fraction of sp³-hybridized carbons (Fsp3) is 0.368. The highest BCUT2D eigenvalue weighted by Crippen LogP contribution is 2.47. The number of rotatable bonds is 8. The molecule has 0 radical (unpaired) electrons. The second kappa shape index (κ2) is 8.97. The number of pyridine rings is 1. The highest BCUT2D eigenvalue weighted by Gasteiger charge is 2.29. The molecule has 11 heteroatoms. The fourth-order valence-corrected chi connectivity index (χ4v) is 3.86. The minimum absolute atomic E-state index is 0.157. The highest BCUT2D eigenvalue weighted by atomic mass is 35.5. The summed E-state index contributed by atoms with van der Waals surface area (Å²) in [4.78, 5) is 21.3. The number of sulfonamides is 1. The van der Waals surface area contributed by atoms with Crippen molar-refractivity contribution in [3.05, 3.63) is 45.7 Å². The van der Waals surface area contributed by atoms with Gasteiger partial charge < -0.3 is 5.32 Å². The number of hydroxylamine groups is 1. The molecule has 1 aliphatic rings. The lowest BCUT2D eigenvalue weighted by atomic mass is 10.1. The van der Waals surface area contributed by atoms with Crippen LogP contribution in [0.5, 0.6) is 0 Å². The van der Waals surface area contributed by atoms with Crippen molar-refractivity contribution in [1.29, 1.82) is 0 Å². The van der Waals surface area contributed by atoms with E-state index in [-0.39, 0.29) is 17.3 Å². The number of hydrogen-bond donors (Lipinski definition) is 2. The van der Waals surface area contributed by atoms with Gasteiger partial charge in [-0.05, 0) is 49.4 Å². The summed E-state index contributed by atoms with van der Waals surface area (Å²) < 4.78 is 25.6. The van der Waals surface area contributed by atoms with Crippen molar-refractivity contribution in [3.8, 4) is 0 Å². The smallest absolute Gasteiger partial charge is 0.278 e. The summed E-state index contributed by atoms with van der Waals surface area (Å²) in [5.74, 6) is -0.205. The Kier molecular flexibility index (Phi) is 6.76. The molecule has 0 spiro atoms. The first-order valence-electron chi connectivity index (χ1n) is 9.23. The summed E-state index contributed by atoms with van der Waals surface area (Å²) in [5, 5.41) is 3.76. The van der Waals surface area contributed by atoms with Crippen LogP contribution in [-0.4, -0.2) is 39.2 Å². The van der Waals surface area contributed by atoms with E-state index in [1.165, 1.54) is 23.6 Å². The molecule has 0 atom stereocenters. The van der Waals surface area contributed by atoms with Gasteiger partial charge in [0.25, 0.3) is 5.91 Å². The van der Waals surface area contributed by atoms with Crippen LogP contribution >= 0.6 is 23.2 Å². The van der Waals surface area contributed by atoms with Gasteiger partial charge in [-0.2, -0.15) is 0 Å². The van der Waals surface area contributed by atoms with Gasteiger partial charge in [0, 0.05) is 18.3 Å². The van der Waals surface area contributed by atoms with Crippen LogP contribution in [0.2, 0.25) is 10.2 Å². The Morgan fingerprint density at radius 1 is 1.27 bits per heavy atom. The number of carbonyl (C=O) groups excluding carboxylic acids is 1. The van der Waals surface area contributed by atoms with Crippen LogP contribution in [0.15, 0.2) is 24.4 Å². The minimum atomic E-state index is -3.54. The second-order valence-corrected chi connectivity index (χ2v) is 9.75. The molecule has 2 N–H and O–H groups in total. The van der Waals surface area contributed by atoms with Crippen LogP contribution in [0.25, 0.3) is 0 Å². The van der Waals surface area contributed by atoms with E-state index in [9.17, 15) is 13.2 Å². The molecule has 1 aromatic carbocycles. The van der Waals surface area contributed by atoms with Crippen LogP contribution in [0, 0.1) is 0 Å². The summed E-state index contributed by atoms with van der Waals surface area (Å²) in [6.45, 7) is 2.02. The summed E-state index contributed by atoms with van der Waals surface area (Å²) in [7, 11) is -2.08. The molecule has 0 unspecified atom stereocenters. The molecular formula is C19H22Cl2N4O4S.